The summed E-state index contributed by atoms with van der Waals surface area (Å²) < 4.78 is 7.75. The van der Waals surface area contributed by atoms with E-state index in [2.05, 4.69) is 15.6 Å². The Bertz CT molecular complexity index is 941. The quantitative estimate of drug-likeness (QED) is 0.571. The Morgan fingerprint density at radius 3 is 2.71 bits per heavy atom. The number of ether oxygens (including phenoxy) is 1. The van der Waals surface area contributed by atoms with E-state index in [1.165, 1.54) is 0 Å². The molecule has 2 heterocycles. The minimum absolute atomic E-state index is 0.0802. The summed E-state index contributed by atoms with van der Waals surface area (Å²) in [6, 6.07) is 17.9. The number of carbonyl (C=O) groups is 1. The first kappa shape index (κ1) is 18.8. The number of likely N-dealkylation sites (tertiary alicyclic amines) is 1. The van der Waals surface area contributed by atoms with Crippen LogP contribution in [-0.4, -0.2) is 33.1 Å². The Morgan fingerprint density at radius 1 is 1.11 bits per heavy atom. The topological polar surface area (TPSA) is 47.4 Å². The van der Waals surface area contributed by atoms with Crippen molar-refractivity contribution in [1.82, 2.24) is 14.5 Å². The van der Waals surface area contributed by atoms with Gasteiger partial charge in [-0.2, -0.15) is 0 Å². The van der Waals surface area contributed by atoms with Crippen molar-refractivity contribution in [3.8, 4) is 0 Å². The van der Waals surface area contributed by atoms with Gasteiger partial charge in [0.15, 0.2) is 0 Å². The second-order valence-electron chi connectivity index (χ2n) is 7.14. The lowest BCUT2D eigenvalue weighted by Crippen LogP contribution is -2.46. The number of halogens is 1. The number of imidazole rings is 1. The van der Waals surface area contributed by atoms with Gasteiger partial charge in [-0.15, -0.1) is 11.6 Å². The summed E-state index contributed by atoms with van der Waals surface area (Å²) in [5.74, 6) is 1.19. The van der Waals surface area contributed by atoms with Crippen molar-refractivity contribution in [3.63, 3.8) is 0 Å². The fraction of sp³-hybridized carbons (Fsp3) is 0.364. The minimum Gasteiger partial charge on any atom is -0.445 e. The Balaban J connectivity index is 1.50. The lowest BCUT2D eigenvalue weighted by atomic mass is 10.0. The summed E-state index contributed by atoms with van der Waals surface area (Å²) >= 11 is 6.15. The monoisotopic (exact) mass is 397 g/mol. The molecule has 1 amide bonds. The summed E-state index contributed by atoms with van der Waals surface area (Å²) in [6.45, 7) is 1.70. The first-order valence-corrected chi connectivity index (χ1v) is 10.3. The van der Waals surface area contributed by atoms with Crippen LogP contribution in [0, 0.1) is 0 Å². The lowest BCUT2D eigenvalue weighted by molar-refractivity contribution is 0.0639. The summed E-state index contributed by atoms with van der Waals surface area (Å²) in [7, 11) is 0. The molecule has 0 spiro atoms. The van der Waals surface area contributed by atoms with E-state index in [1.807, 2.05) is 53.4 Å². The summed E-state index contributed by atoms with van der Waals surface area (Å²) in [4.78, 5) is 19.3. The molecule has 1 saturated heterocycles. The number of rotatable bonds is 5. The molecule has 1 aromatic heterocycles. The molecule has 0 aliphatic carbocycles. The third kappa shape index (κ3) is 3.99. The van der Waals surface area contributed by atoms with Crippen LogP contribution < -0.4 is 0 Å². The molecule has 1 fully saturated rings. The van der Waals surface area contributed by atoms with Crippen molar-refractivity contribution in [3.05, 3.63) is 66.0 Å². The standard InChI is InChI=1S/C22H24ClN3O2/c23-14-21-24-19-11-4-5-12-20(19)26(21)15-18-10-6-7-13-25(18)22(27)28-16-17-8-2-1-3-9-17/h1-5,8-9,11-12,18H,6-7,10,13-16H2. The number of para-hydroxylation sites is 2. The largest absolute Gasteiger partial charge is 0.445 e. The zero-order valence-corrected chi connectivity index (χ0v) is 16.5. The smallest absolute Gasteiger partial charge is 0.410 e. The van der Waals surface area contributed by atoms with E-state index in [-0.39, 0.29) is 12.1 Å². The van der Waals surface area contributed by atoms with Crippen LogP contribution in [0.4, 0.5) is 4.79 Å². The molecule has 5 nitrogen and oxygen atoms in total. The maximum Gasteiger partial charge on any atom is 0.410 e. The van der Waals surface area contributed by atoms with Crippen LogP contribution in [0.3, 0.4) is 0 Å². The molecule has 1 aliphatic rings. The van der Waals surface area contributed by atoms with E-state index in [1.54, 1.807) is 0 Å². The van der Waals surface area contributed by atoms with Gasteiger partial charge in [-0.1, -0.05) is 42.5 Å². The van der Waals surface area contributed by atoms with Crippen molar-refractivity contribution in [2.75, 3.05) is 6.54 Å². The normalized spacial score (nSPS) is 17.0. The van der Waals surface area contributed by atoms with E-state index in [0.717, 1.165) is 48.2 Å². The maximum absolute atomic E-state index is 12.8. The van der Waals surface area contributed by atoms with E-state index in [9.17, 15) is 4.79 Å². The number of hydrogen-bond acceptors (Lipinski definition) is 3. The molecule has 2 aromatic carbocycles. The molecule has 0 bridgehead atoms. The van der Waals surface area contributed by atoms with Gasteiger partial charge in [0.1, 0.15) is 12.4 Å². The number of fused-ring (bicyclic) bond motifs is 1. The molecule has 6 heteroatoms. The van der Waals surface area contributed by atoms with E-state index < -0.39 is 0 Å². The number of amides is 1. The molecule has 3 aromatic rings. The predicted molar refractivity (Wildman–Crippen MR) is 110 cm³/mol. The van der Waals surface area contributed by atoms with Crippen LogP contribution in [-0.2, 0) is 23.8 Å². The fourth-order valence-corrected chi connectivity index (χ4v) is 4.08. The first-order valence-electron chi connectivity index (χ1n) is 9.73. The third-order valence-electron chi connectivity index (χ3n) is 5.31. The molecule has 1 unspecified atom stereocenters. The van der Waals surface area contributed by atoms with Crippen LogP contribution in [0.15, 0.2) is 54.6 Å². The van der Waals surface area contributed by atoms with E-state index >= 15 is 0 Å². The predicted octanol–water partition coefficient (Wildman–Crippen LogP) is 4.97. The molecule has 0 N–H and O–H groups in total. The molecule has 28 heavy (non-hydrogen) atoms. The fourth-order valence-electron chi connectivity index (χ4n) is 3.87. The molecule has 0 saturated carbocycles. The number of aromatic nitrogens is 2. The van der Waals surface area contributed by atoms with Gasteiger partial charge in [-0.05, 0) is 37.0 Å². The van der Waals surface area contributed by atoms with Crippen molar-refractivity contribution in [1.29, 1.82) is 0 Å². The average molecular weight is 398 g/mol. The Labute approximate surface area is 169 Å². The van der Waals surface area contributed by atoms with Gasteiger partial charge in [0.25, 0.3) is 0 Å². The van der Waals surface area contributed by atoms with Gasteiger partial charge >= 0.3 is 6.09 Å². The number of hydrogen-bond donors (Lipinski definition) is 0. The SMILES string of the molecule is O=C(OCc1ccccc1)N1CCCCC1Cn1c(CCl)nc2ccccc21. The second kappa shape index (κ2) is 8.65. The van der Waals surface area contributed by atoms with Crippen molar-refractivity contribution >= 4 is 28.7 Å². The molecule has 4 rings (SSSR count). The lowest BCUT2D eigenvalue weighted by Gasteiger charge is -2.35. The van der Waals surface area contributed by atoms with Crippen LogP contribution in [0.1, 0.15) is 30.7 Å². The molecule has 1 aliphatic heterocycles. The number of benzene rings is 2. The van der Waals surface area contributed by atoms with Crippen LogP contribution >= 0.6 is 11.6 Å². The van der Waals surface area contributed by atoms with Gasteiger partial charge < -0.3 is 14.2 Å². The highest BCUT2D eigenvalue weighted by molar-refractivity contribution is 6.16. The van der Waals surface area contributed by atoms with Gasteiger partial charge in [0.05, 0.1) is 23.0 Å². The Morgan fingerprint density at radius 2 is 1.89 bits per heavy atom. The summed E-state index contributed by atoms with van der Waals surface area (Å²) in [5.41, 5.74) is 2.99. The van der Waals surface area contributed by atoms with Gasteiger partial charge in [0.2, 0.25) is 0 Å². The first-order chi connectivity index (χ1) is 13.8. The highest BCUT2D eigenvalue weighted by Crippen LogP contribution is 2.24. The summed E-state index contributed by atoms with van der Waals surface area (Å²) in [6.07, 6.45) is 2.82. The van der Waals surface area contributed by atoms with Gasteiger partial charge in [-0.3, -0.25) is 0 Å². The minimum atomic E-state index is -0.245. The van der Waals surface area contributed by atoms with E-state index in [0.29, 0.717) is 19.0 Å². The van der Waals surface area contributed by atoms with Crippen molar-refractivity contribution in [2.45, 2.75) is 44.3 Å². The molecular weight excluding hydrogens is 374 g/mol. The van der Waals surface area contributed by atoms with Crippen LogP contribution in [0.2, 0.25) is 0 Å². The maximum atomic E-state index is 12.8. The third-order valence-corrected chi connectivity index (χ3v) is 5.55. The van der Waals surface area contributed by atoms with Crippen molar-refractivity contribution in [2.24, 2.45) is 0 Å². The van der Waals surface area contributed by atoms with E-state index in [4.69, 9.17) is 16.3 Å². The van der Waals surface area contributed by atoms with Gasteiger partial charge in [0, 0.05) is 13.1 Å². The number of piperidine rings is 1. The number of nitrogens with zero attached hydrogens (tertiary/aromatic N) is 3. The van der Waals surface area contributed by atoms with Gasteiger partial charge in [-0.25, -0.2) is 9.78 Å². The molecule has 146 valence electrons. The Kier molecular flexibility index (Phi) is 5.81. The highest BCUT2D eigenvalue weighted by atomic mass is 35.5. The van der Waals surface area contributed by atoms with Crippen molar-refractivity contribution < 1.29 is 9.53 Å². The molecule has 1 atom stereocenters. The zero-order chi connectivity index (χ0) is 19.3. The molecular formula is C22H24ClN3O2. The molecule has 0 radical (unpaired) electrons. The summed E-state index contributed by atoms with van der Waals surface area (Å²) in [5, 5.41) is 0. The van der Waals surface area contributed by atoms with Crippen LogP contribution in [0.5, 0.6) is 0 Å². The number of alkyl halides is 1. The average Bonchev–Trinajstić information content (AvgIpc) is 3.11. The van der Waals surface area contributed by atoms with Crippen LogP contribution in [0.25, 0.3) is 11.0 Å². The second-order valence-corrected chi connectivity index (χ2v) is 7.41. The Hall–Kier alpha value is -2.53. The number of carbonyl (C=O) groups excluding carboxylic acids is 1. The highest BCUT2D eigenvalue weighted by Gasteiger charge is 2.29. The zero-order valence-electron chi connectivity index (χ0n) is 15.8.